The summed E-state index contributed by atoms with van der Waals surface area (Å²) < 4.78 is 15.6. The zero-order valence-electron chi connectivity index (χ0n) is 18.0. The molecule has 0 radical (unpaired) electrons. The predicted octanol–water partition coefficient (Wildman–Crippen LogP) is 4.37. The predicted molar refractivity (Wildman–Crippen MR) is 127 cm³/mol. The number of aryl methyl sites for hydroxylation is 2. The van der Waals surface area contributed by atoms with Gasteiger partial charge in [0.2, 0.25) is 0 Å². The van der Waals surface area contributed by atoms with Crippen molar-refractivity contribution in [1.82, 2.24) is 29.5 Å². The monoisotopic (exact) mass is 465 g/mol. The quantitative estimate of drug-likeness (QED) is 0.408. The number of hydrogen-bond donors (Lipinski definition) is 2. The molecule has 0 aliphatic rings. The Morgan fingerprint density at radius 1 is 1.18 bits per heavy atom. The van der Waals surface area contributed by atoms with Crippen LogP contribution < -0.4 is 11.3 Å². The summed E-state index contributed by atoms with van der Waals surface area (Å²) in [6.45, 7) is 3.91. The maximum absolute atomic E-state index is 14.1. The van der Waals surface area contributed by atoms with Gasteiger partial charge in [-0.2, -0.15) is 0 Å². The summed E-state index contributed by atoms with van der Waals surface area (Å²) in [6.07, 6.45) is 4.37. The molecule has 0 spiro atoms. The van der Waals surface area contributed by atoms with Gasteiger partial charge in [-0.1, -0.05) is 24.6 Å². The van der Waals surface area contributed by atoms with Crippen LogP contribution in [0.5, 0.6) is 0 Å². The van der Waals surface area contributed by atoms with Gasteiger partial charge in [0.05, 0.1) is 17.5 Å². The van der Waals surface area contributed by atoms with Gasteiger partial charge in [-0.15, -0.1) is 0 Å². The molecule has 3 heterocycles. The van der Waals surface area contributed by atoms with Gasteiger partial charge in [0.15, 0.2) is 11.5 Å². The number of rotatable bonds is 3. The van der Waals surface area contributed by atoms with E-state index in [4.69, 9.17) is 17.3 Å². The Kier molecular flexibility index (Phi) is 6.32. The fraction of sp³-hybridized carbons (Fsp3) is 0.174. The fourth-order valence-electron chi connectivity index (χ4n) is 3.52. The van der Waals surface area contributed by atoms with Crippen molar-refractivity contribution in [3.63, 3.8) is 0 Å². The molecule has 0 saturated carbocycles. The van der Waals surface area contributed by atoms with Crippen molar-refractivity contribution in [2.75, 3.05) is 5.73 Å². The molecule has 0 unspecified atom stereocenters. The number of hydrogen-bond acceptors (Lipinski definition) is 6. The third-order valence-electron chi connectivity index (χ3n) is 4.93. The maximum Gasteiger partial charge on any atom is 0.268 e. The number of benzene rings is 2. The SMILES string of the molecule is CCCc1nc2cccc(F)c2c(=O)n1-c1cc(C)cc(Cl)c1.Nc1ncnc2nc[nH]c12. The van der Waals surface area contributed by atoms with E-state index in [0.717, 1.165) is 12.0 Å². The van der Waals surface area contributed by atoms with Crippen molar-refractivity contribution in [3.05, 3.63) is 81.6 Å². The summed E-state index contributed by atoms with van der Waals surface area (Å²) in [5.74, 6) is 0.482. The first-order chi connectivity index (χ1) is 15.9. The van der Waals surface area contributed by atoms with Crippen molar-refractivity contribution >= 4 is 39.5 Å². The number of nitrogens with zero attached hydrogens (tertiary/aromatic N) is 5. The summed E-state index contributed by atoms with van der Waals surface area (Å²) in [5.41, 5.74) is 8.30. The summed E-state index contributed by atoms with van der Waals surface area (Å²) in [5, 5.41) is 0.535. The number of anilines is 1. The average Bonchev–Trinajstić information content (AvgIpc) is 3.24. The smallest absolute Gasteiger partial charge is 0.268 e. The van der Waals surface area contributed by atoms with Crippen LogP contribution in [0.25, 0.3) is 27.8 Å². The first-order valence-corrected chi connectivity index (χ1v) is 10.6. The molecule has 5 aromatic rings. The molecule has 0 aliphatic heterocycles. The van der Waals surface area contributed by atoms with Gasteiger partial charge in [-0.3, -0.25) is 9.36 Å². The Morgan fingerprint density at radius 3 is 2.73 bits per heavy atom. The van der Waals surface area contributed by atoms with Crippen LogP contribution in [0.15, 0.2) is 53.8 Å². The molecule has 0 fully saturated rings. The van der Waals surface area contributed by atoms with Crippen LogP contribution >= 0.6 is 11.6 Å². The van der Waals surface area contributed by atoms with Gasteiger partial charge in [-0.25, -0.2) is 24.3 Å². The largest absolute Gasteiger partial charge is 0.382 e. The Labute approximate surface area is 193 Å². The van der Waals surface area contributed by atoms with Gasteiger partial charge >= 0.3 is 0 Å². The number of nitrogens with two attached hydrogens (primary N) is 1. The highest BCUT2D eigenvalue weighted by Gasteiger charge is 2.15. The topological polar surface area (TPSA) is 115 Å². The van der Waals surface area contributed by atoms with Crippen LogP contribution in [0, 0.1) is 12.7 Å². The van der Waals surface area contributed by atoms with Crippen LogP contribution in [-0.4, -0.2) is 29.5 Å². The molecular weight excluding hydrogens is 445 g/mol. The van der Waals surface area contributed by atoms with E-state index >= 15 is 0 Å². The lowest BCUT2D eigenvalue weighted by atomic mass is 10.1. The van der Waals surface area contributed by atoms with Crippen LogP contribution in [0.1, 0.15) is 24.7 Å². The Balaban J connectivity index is 0.000000214. The van der Waals surface area contributed by atoms with Crippen LogP contribution in [0.4, 0.5) is 10.2 Å². The highest BCUT2D eigenvalue weighted by Crippen LogP contribution is 2.21. The average molecular weight is 466 g/mol. The van der Waals surface area contributed by atoms with E-state index in [1.54, 1.807) is 18.2 Å². The minimum Gasteiger partial charge on any atom is -0.382 e. The molecule has 0 amide bonds. The van der Waals surface area contributed by atoms with Gasteiger partial charge < -0.3 is 10.7 Å². The Hall–Kier alpha value is -3.85. The first-order valence-electron chi connectivity index (χ1n) is 10.3. The molecule has 3 aromatic heterocycles. The van der Waals surface area contributed by atoms with Crippen molar-refractivity contribution in [3.8, 4) is 5.69 Å². The molecule has 5 rings (SSSR count). The Morgan fingerprint density at radius 2 is 2.00 bits per heavy atom. The van der Waals surface area contributed by atoms with E-state index in [1.165, 1.54) is 23.3 Å². The molecule has 0 saturated heterocycles. The van der Waals surface area contributed by atoms with Crippen LogP contribution in [0.2, 0.25) is 5.02 Å². The number of fused-ring (bicyclic) bond motifs is 2. The lowest BCUT2D eigenvalue weighted by molar-refractivity contribution is 0.636. The fourth-order valence-corrected chi connectivity index (χ4v) is 3.81. The minimum atomic E-state index is -0.560. The molecule has 10 heteroatoms. The van der Waals surface area contributed by atoms with E-state index in [0.29, 0.717) is 45.5 Å². The highest BCUT2D eigenvalue weighted by atomic mass is 35.5. The second-order valence-corrected chi connectivity index (χ2v) is 7.84. The molecular formula is C23H21ClFN7O. The molecule has 0 aliphatic carbocycles. The highest BCUT2D eigenvalue weighted by molar-refractivity contribution is 6.30. The van der Waals surface area contributed by atoms with Gasteiger partial charge in [0, 0.05) is 11.4 Å². The molecule has 2 aromatic carbocycles. The second kappa shape index (κ2) is 9.33. The maximum atomic E-state index is 14.1. The first kappa shape index (κ1) is 22.3. The molecule has 0 atom stereocenters. The van der Waals surface area contributed by atoms with Crippen molar-refractivity contribution in [2.45, 2.75) is 26.7 Å². The zero-order valence-corrected chi connectivity index (χ0v) is 18.8. The zero-order chi connectivity index (χ0) is 23.5. The molecule has 8 nitrogen and oxygen atoms in total. The van der Waals surface area contributed by atoms with Crippen molar-refractivity contribution in [2.24, 2.45) is 0 Å². The van der Waals surface area contributed by atoms with E-state index in [9.17, 15) is 9.18 Å². The summed E-state index contributed by atoms with van der Waals surface area (Å²) in [4.78, 5) is 31.8. The standard InChI is InChI=1S/C18H16ClFN2O.C5H5N5/c1-3-5-16-21-15-7-4-6-14(20)17(15)18(23)22(16)13-9-11(2)8-12(19)10-13;6-4-3-5(9-1-7-3)10-2-8-4/h4,6-10H,3,5H2,1-2H3;1-2H,(H3,6,7,8,9,10). The molecule has 3 N–H and O–H groups in total. The third kappa shape index (κ3) is 4.54. The van der Waals surface area contributed by atoms with Crippen LogP contribution in [0.3, 0.4) is 0 Å². The van der Waals surface area contributed by atoms with E-state index in [1.807, 2.05) is 26.0 Å². The minimum absolute atomic E-state index is 0.00461. The van der Waals surface area contributed by atoms with Gasteiger partial charge in [0.25, 0.3) is 5.56 Å². The van der Waals surface area contributed by atoms with Crippen molar-refractivity contribution in [1.29, 1.82) is 0 Å². The molecule has 168 valence electrons. The number of halogens is 2. The summed E-state index contributed by atoms with van der Waals surface area (Å²) in [7, 11) is 0. The number of nitrogens with one attached hydrogen (secondary N) is 1. The number of aromatic nitrogens is 6. The lowest BCUT2D eigenvalue weighted by Crippen LogP contribution is -2.24. The third-order valence-corrected chi connectivity index (χ3v) is 5.15. The van der Waals surface area contributed by atoms with Gasteiger partial charge in [0.1, 0.15) is 28.9 Å². The number of imidazole rings is 1. The number of nitrogen functional groups attached to an aromatic ring is 1. The van der Waals surface area contributed by atoms with E-state index in [2.05, 4.69) is 24.9 Å². The van der Waals surface area contributed by atoms with E-state index < -0.39 is 11.4 Å². The summed E-state index contributed by atoms with van der Waals surface area (Å²) >= 11 is 6.12. The molecule has 0 bridgehead atoms. The Bertz CT molecular complexity index is 1490. The number of aromatic amines is 1. The van der Waals surface area contributed by atoms with Crippen molar-refractivity contribution < 1.29 is 4.39 Å². The van der Waals surface area contributed by atoms with Gasteiger partial charge in [-0.05, 0) is 49.2 Å². The summed E-state index contributed by atoms with van der Waals surface area (Å²) in [6, 6.07) is 9.85. The lowest BCUT2D eigenvalue weighted by Gasteiger charge is -2.14. The van der Waals surface area contributed by atoms with E-state index in [-0.39, 0.29) is 5.39 Å². The van der Waals surface area contributed by atoms with Crippen LogP contribution in [-0.2, 0) is 6.42 Å². The molecule has 33 heavy (non-hydrogen) atoms. The normalized spacial score (nSPS) is 10.9. The number of H-pyrrole nitrogens is 1. The second-order valence-electron chi connectivity index (χ2n) is 7.40.